The summed E-state index contributed by atoms with van der Waals surface area (Å²) in [6, 6.07) is 9.24. The van der Waals surface area contributed by atoms with Gasteiger partial charge in [0.05, 0.1) is 17.5 Å². The highest BCUT2D eigenvalue weighted by molar-refractivity contribution is 6.32. The summed E-state index contributed by atoms with van der Waals surface area (Å²) in [7, 11) is 1.59. The summed E-state index contributed by atoms with van der Waals surface area (Å²) >= 11 is 6.11. The molecule has 146 valence electrons. The minimum absolute atomic E-state index is 0.500. The van der Waals surface area contributed by atoms with Crippen LogP contribution in [0.5, 0.6) is 5.75 Å². The van der Waals surface area contributed by atoms with Crippen LogP contribution in [0.2, 0.25) is 5.02 Å². The van der Waals surface area contributed by atoms with E-state index in [0.717, 1.165) is 12.0 Å². The van der Waals surface area contributed by atoms with E-state index in [1.54, 1.807) is 25.4 Å². The van der Waals surface area contributed by atoms with Gasteiger partial charge in [0.15, 0.2) is 6.29 Å². The van der Waals surface area contributed by atoms with Gasteiger partial charge in [0, 0.05) is 44.1 Å². The molecule has 2 aromatic heterocycles. The molecule has 8 nitrogen and oxygen atoms in total. The topological polar surface area (TPSA) is 77.5 Å². The Balaban J connectivity index is 1.53. The first-order valence-electron chi connectivity index (χ1n) is 8.95. The molecule has 1 unspecified atom stereocenters. The summed E-state index contributed by atoms with van der Waals surface area (Å²) < 4.78 is 6.69. The van der Waals surface area contributed by atoms with E-state index in [-0.39, 0.29) is 0 Å². The molecule has 0 radical (unpaired) electrons. The molecule has 1 saturated heterocycles. The molecular formula is C19H20ClN5O3. The lowest BCUT2D eigenvalue weighted by molar-refractivity contribution is -0.695. The molecule has 0 aliphatic carbocycles. The average molecular weight is 402 g/mol. The number of rotatable bonds is 5. The summed E-state index contributed by atoms with van der Waals surface area (Å²) in [5, 5.41) is 13.7. The Labute approximate surface area is 167 Å². The Kier molecular flexibility index (Phi) is 5.06. The van der Waals surface area contributed by atoms with Crippen LogP contribution in [0.25, 0.3) is 11.0 Å². The maximum absolute atomic E-state index is 12.4. The summed E-state index contributed by atoms with van der Waals surface area (Å²) in [6.07, 6.45) is 3.15. The van der Waals surface area contributed by atoms with Gasteiger partial charge in [-0.3, -0.25) is 9.69 Å². The predicted molar refractivity (Wildman–Crippen MR) is 106 cm³/mol. The Morgan fingerprint density at radius 1 is 1.29 bits per heavy atom. The smallest absolute Gasteiger partial charge is 0.218 e. The number of aromatic nitrogens is 3. The zero-order valence-electron chi connectivity index (χ0n) is 15.4. The standard InChI is InChI=1S/C19H20ClN5O3/c1-28-17-11-15(4-5-16(17)20)22-7-9-23(10-8-22)18(13-26)25-19-14(12-24(25)27)3-2-6-21-19/h2-6,11-13,18H,7-10H2,1H3. The fourth-order valence-corrected chi connectivity index (χ4v) is 3.80. The normalized spacial score (nSPS) is 16.3. The van der Waals surface area contributed by atoms with E-state index < -0.39 is 6.17 Å². The summed E-state index contributed by atoms with van der Waals surface area (Å²) in [6.45, 7) is 2.67. The van der Waals surface area contributed by atoms with Crippen LogP contribution >= 0.6 is 11.6 Å². The van der Waals surface area contributed by atoms with Gasteiger partial charge in [-0.15, -0.1) is 0 Å². The van der Waals surface area contributed by atoms with E-state index in [1.807, 2.05) is 23.1 Å². The number of hydrogen-bond acceptors (Lipinski definition) is 6. The first kappa shape index (κ1) is 18.5. The van der Waals surface area contributed by atoms with E-state index in [1.165, 1.54) is 10.9 Å². The summed E-state index contributed by atoms with van der Waals surface area (Å²) in [5.74, 6) is 0.629. The number of fused-ring (bicyclic) bond motifs is 1. The number of piperazine rings is 1. The van der Waals surface area contributed by atoms with Gasteiger partial charge >= 0.3 is 0 Å². The van der Waals surface area contributed by atoms with Crippen molar-refractivity contribution in [2.75, 3.05) is 38.2 Å². The number of aldehydes is 1. The van der Waals surface area contributed by atoms with Crippen LogP contribution in [0.15, 0.2) is 42.7 Å². The molecular weight excluding hydrogens is 382 g/mol. The van der Waals surface area contributed by atoms with Crippen molar-refractivity contribution < 1.29 is 14.4 Å². The molecule has 28 heavy (non-hydrogen) atoms. The molecule has 0 spiro atoms. The van der Waals surface area contributed by atoms with Crippen LogP contribution in [0, 0.1) is 5.21 Å². The summed E-state index contributed by atoms with van der Waals surface area (Å²) in [4.78, 5) is 21.0. The number of nitrogens with zero attached hydrogens (tertiary/aromatic N) is 5. The van der Waals surface area contributed by atoms with Gasteiger partial charge in [-0.05, 0) is 24.3 Å². The van der Waals surface area contributed by atoms with Crippen molar-refractivity contribution in [1.29, 1.82) is 0 Å². The largest absolute Gasteiger partial charge is 0.596 e. The zero-order valence-corrected chi connectivity index (χ0v) is 16.1. The van der Waals surface area contributed by atoms with Crippen molar-refractivity contribution in [3.05, 3.63) is 53.0 Å². The second-order valence-electron chi connectivity index (χ2n) is 6.58. The lowest BCUT2D eigenvalue weighted by Crippen LogP contribution is -2.53. The van der Waals surface area contributed by atoms with Gasteiger partial charge in [-0.2, -0.15) is 0 Å². The van der Waals surface area contributed by atoms with E-state index in [0.29, 0.717) is 52.8 Å². The van der Waals surface area contributed by atoms with E-state index >= 15 is 0 Å². The van der Waals surface area contributed by atoms with Crippen LogP contribution in [-0.4, -0.2) is 54.1 Å². The lowest BCUT2D eigenvalue weighted by atomic mass is 10.2. The van der Waals surface area contributed by atoms with Gasteiger partial charge in [0.2, 0.25) is 18.0 Å². The Morgan fingerprint density at radius 2 is 2.07 bits per heavy atom. The zero-order chi connectivity index (χ0) is 19.7. The molecule has 1 atom stereocenters. The number of ether oxygens (including phenoxy) is 1. The molecule has 3 aromatic rings. The third-order valence-electron chi connectivity index (χ3n) is 5.06. The number of anilines is 1. The molecule has 1 aliphatic rings. The van der Waals surface area contributed by atoms with Crippen molar-refractivity contribution in [3.8, 4) is 5.75 Å². The number of carbonyl (C=O) groups excluding carboxylic acids is 1. The van der Waals surface area contributed by atoms with Crippen LogP contribution < -0.4 is 14.5 Å². The third kappa shape index (κ3) is 3.25. The fourth-order valence-electron chi connectivity index (χ4n) is 3.61. The van der Waals surface area contributed by atoms with Crippen LogP contribution in [-0.2, 0) is 4.79 Å². The molecule has 0 amide bonds. The highest BCUT2D eigenvalue weighted by atomic mass is 35.5. The van der Waals surface area contributed by atoms with Crippen molar-refractivity contribution in [1.82, 2.24) is 14.6 Å². The summed E-state index contributed by atoms with van der Waals surface area (Å²) in [5.41, 5.74) is 1.51. The molecule has 1 fully saturated rings. The second kappa shape index (κ2) is 7.65. The highest BCUT2D eigenvalue weighted by Gasteiger charge is 2.30. The predicted octanol–water partition coefficient (Wildman–Crippen LogP) is 1.85. The molecule has 0 saturated carbocycles. The number of pyridine rings is 1. The Morgan fingerprint density at radius 3 is 2.79 bits per heavy atom. The van der Waals surface area contributed by atoms with Crippen LogP contribution in [0.3, 0.4) is 0 Å². The highest BCUT2D eigenvalue weighted by Crippen LogP contribution is 2.30. The van der Waals surface area contributed by atoms with Crippen molar-refractivity contribution in [2.45, 2.75) is 6.17 Å². The minimum Gasteiger partial charge on any atom is -0.596 e. The first-order valence-corrected chi connectivity index (χ1v) is 9.33. The SMILES string of the molecule is COc1cc(N2CCN(C(C=O)n3c4ncccc4c[n+]3[O-])CC2)ccc1Cl. The minimum atomic E-state index is -0.702. The number of benzene rings is 1. The van der Waals surface area contributed by atoms with Crippen LogP contribution in [0.1, 0.15) is 6.17 Å². The Bertz CT molecular complexity index is 1000. The first-order chi connectivity index (χ1) is 13.6. The molecule has 1 aromatic carbocycles. The number of hydrogen-bond donors (Lipinski definition) is 0. The van der Waals surface area contributed by atoms with E-state index in [2.05, 4.69) is 9.88 Å². The quantitative estimate of drug-likeness (QED) is 0.369. The fraction of sp³-hybridized carbons (Fsp3) is 0.316. The van der Waals surface area contributed by atoms with Crippen LogP contribution in [0.4, 0.5) is 5.69 Å². The lowest BCUT2D eigenvalue weighted by Gasteiger charge is -2.38. The maximum atomic E-state index is 12.4. The Hall–Kier alpha value is -2.84. The molecule has 9 heteroatoms. The molecule has 0 N–H and O–H groups in total. The molecule has 3 heterocycles. The van der Waals surface area contributed by atoms with E-state index in [9.17, 15) is 10.0 Å². The number of methoxy groups -OCH3 is 1. The number of carbonyl (C=O) groups is 1. The van der Waals surface area contributed by atoms with Gasteiger partial charge < -0.3 is 14.8 Å². The average Bonchev–Trinajstić information content (AvgIpc) is 3.05. The third-order valence-corrected chi connectivity index (χ3v) is 5.37. The molecule has 1 aliphatic heterocycles. The van der Waals surface area contributed by atoms with Gasteiger partial charge in [0.1, 0.15) is 5.75 Å². The molecule has 4 rings (SSSR count). The van der Waals surface area contributed by atoms with Gasteiger partial charge in [-0.1, -0.05) is 21.1 Å². The van der Waals surface area contributed by atoms with Crippen molar-refractivity contribution in [2.24, 2.45) is 0 Å². The maximum Gasteiger partial charge on any atom is 0.218 e. The monoisotopic (exact) mass is 401 g/mol. The van der Waals surface area contributed by atoms with Gasteiger partial charge in [-0.25, -0.2) is 4.98 Å². The number of halogens is 1. The van der Waals surface area contributed by atoms with E-state index in [4.69, 9.17) is 16.3 Å². The van der Waals surface area contributed by atoms with Crippen molar-refractivity contribution >= 4 is 34.6 Å². The molecule has 0 bridgehead atoms. The second-order valence-corrected chi connectivity index (χ2v) is 6.99. The van der Waals surface area contributed by atoms with Gasteiger partial charge in [0.25, 0.3) is 0 Å². The van der Waals surface area contributed by atoms with Crippen molar-refractivity contribution in [3.63, 3.8) is 0 Å².